The lowest BCUT2D eigenvalue weighted by atomic mass is 10.1. The topological polar surface area (TPSA) is 68.8 Å². The molecule has 1 atom stereocenters. The lowest BCUT2D eigenvalue weighted by Crippen LogP contribution is -2.38. The van der Waals surface area contributed by atoms with Crippen molar-refractivity contribution in [1.82, 2.24) is 14.8 Å². The van der Waals surface area contributed by atoms with Crippen LogP contribution in [-0.4, -0.2) is 53.3 Å². The molecule has 1 N–H and O–H groups in total. The van der Waals surface area contributed by atoms with Gasteiger partial charge in [-0.2, -0.15) is 0 Å². The number of rotatable bonds is 8. The van der Waals surface area contributed by atoms with Crippen molar-refractivity contribution in [3.63, 3.8) is 0 Å². The molecule has 1 fully saturated rings. The lowest BCUT2D eigenvalue weighted by Gasteiger charge is -2.25. The fourth-order valence-corrected chi connectivity index (χ4v) is 3.64. The minimum atomic E-state index is -0.494. The van der Waals surface area contributed by atoms with Gasteiger partial charge in [0.1, 0.15) is 11.5 Å². The molecule has 0 aliphatic carbocycles. The third kappa shape index (κ3) is 5.13. The minimum absolute atomic E-state index is 0.143. The van der Waals surface area contributed by atoms with Gasteiger partial charge in [-0.05, 0) is 43.2 Å². The van der Waals surface area contributed by atoms with E-state index in [2.05, 4.69) is 15.3 Å². The summed E-state index contributed by atoms with van der Waals surface area (Å²) < 4.78 is 14.5. The Bertz CT molecular complexity index is 890. The molecular weight excluding hydrogens is 385 g/mol. The summed E-state index contributed by atoms with van der Waals surface area (Å²) in [5.74, 6) is -0.352. The molecule has 1 saturated heterocycles. The van der Waals surface area contributed by atoms with Gasteiger partial charge in [0.05, 0.1) is 11.9 Å². The van der Waals surface area contributed by atoms with Crippen LogP contribution in [0.15, 0.2) is 36.5 Å². The molecule has 160 valence electrons. The summed E-state index contributed by atoms with van der Waals surface area (Å²) in [5, 5.41) is 1.12. The minimum Gasteiger partial charge on any atom is -0.341 e. The maximum Gasteiger partial charge on any atom is 0.232 e. The number of hydrazine groups is 1. The summed E-state index contributed by atoms with van der Waals surface area (Å²) in [6.07, 6.45) is 3.55. The van der Waals surface area contributed by atoms with Crippen LogP contribution in [-0.2, 0) is 16.1 Å². The van der Waals surface area contributed by atoms with Crippen molar-refractivity contribution >= 4 is 23.7 Å². The normalized spacial score (nSPS) is 16.3. The molecule has 3 rings (SSSR count). The van der Waals surface area contributed by atoms with Gasteiger partial charge in [-0.3, -0.25) is 24.9 Å². The average Bonchev–Trinajstić information content (AvgIpc) is 3.22. The van der Waals surface area contributed by atoms with E-state index in [1.54, 1.807) is 24.4 Å². The summed E-state index contributed by atoms with van der Waals surface area (Å²) in [6, 6.07) is 8.55. The van der Waals surface area contributed by atoms with Crippen LogP contribution in [0.4, 0.5) is 15.8 Å². The van der Waals surface area contributed by atoms with Crippen LogP contribution in [0.5, 0.6) is 0 Å². The number of benzene rings is 1. The number of carbonyl (C=O) groups is 2. The summed E-state index contributed by atoms with van der Waals surface area (Å²) in [7, 11) is 1.85. The second-order valence-corrected chi connectivity index (χ2v) is 7.60. The number of carbonyl (C=O) groups excluding carboxylic acids is 2. The Kier molecular flexibility index (Phi) is 6.99. The molecule has 0 radical (unpaired) electrons. The van der Waals surface area contributed by atoms with E-state index < -0.39 is 5.82 Å². The molecule has 7 nitrogen and oxygen atoms in total. The van der Waals surface area contributed by atoms with Crippen molar-refractivity contribution in [3.05, 3.63) is 53.6 Å². The number of amides is 2. The number of pyridine rings is 1. The lowest BCUT2D eigenvalue weighted by molar-refractivity contribution is -0.131. The van der Waals surface area contributed by atoms with Crippen LogP contribution in [0, 0.1) is 12.7 Å². The quantitative estimate of drug-likeness (QED) is 0.532. The Morgan fingerprint density at radius 1 is 1.37 bits per heavy atom. The summed E-state index contributed by atoms with van der Waals surface area (Å²) in [6.45, 7) is 5.99. The number of anilines is 2. The van der Waals surface area contributed by atoms with Crippen LogP contribution in [0.3, 0.4) is 0 Å². The summed E-state index contributed by atoms with van der Waals surface area (Å²) in [5.41, 5.74) is 5.36. The number of hydrogen-bond acceptors (Lipinski definition) is 5. The third-order valence-electron chi connectivity index (χ3n) is 5.43. The molecule has 1 aromatic carbocycles. The first-order valence-electron chi connectivity index (χ1n) is 10.1. The van der Waals surface area contributed by atoms with E-state index in [9.17, 15) is 14.0 Å². The van der Waals surface area contributed by atoms with E-state index in [4.69, 9.17) is 0 Å². The highest BCUT2D eigenvalue weighted by Crippen LogP contribution is 2.24. The van der Waals surface area contributed by atoms with E-state index in [0.717, 1.165) is 35.8 Å². The predicted octanol–water partition coefficient (Wildman–Crippen LogP) is 2.96. The fraction of sp³-hybridized carbons (Fsp3) is 0.409. The van der Waals surface area contributed by atoms with Crippen molar-refractivity contribution in [2.24, 2.45) is 0 Å². The van der Waals surface area contributed by atoms with Gasteiger partial charge in [0.2, 0.25) is 12.3 Å². The molecule has 0 bridgehead atoms. The number of aryl methyl sites for hydroxylation is 1. The van der Waals surface area contributed by atoms with Crippen molar-refractivity contribution in [2.75, 3.05) is 30.6 Å². The first kappa shape index (κ1) is 21.7. The summed E-state index contributed by atoms with van der Waals surface area (Å²) >= 11 is 0. The molecule has 8 heteroatoms. The molecule has 1 aliphatic heterocycles. The number of likely N-dealkylation sites (N-methyl/N-ethyl adjacent to an activating group) is 1. The third-order valence-corrected chi connectivity index (χ3v) is 5.43. The summed E-state index contributed by atoms with van der Waals surface area (Å²) in [4.78, 5) is 31.8. The van der Waals surface area contributed by atoms with Crippen LogP contribution in [0.2, 0.25) is 0 Å². The zero-order valence-electron chi connectivity index (χ0n) is 17.6. The molecule has 2 heterocycles. The largest absolute Gasteiger partial charge is 0.341 e. The molecule has 1 aromatic heterocycles. The maximum atomic E-state index is 14.5. The smallest absolute Gasteiger partial charge is 0.232 e. The predicted molar refractivity (Wildman–Crippen MR) is 114 cm³/mol. The number of nitrogens with one attached hydrogen (secondary N) is 1. The number of aromatic nitrogens is 1. The van der Waals surface area contributed by atoms with Crippen molar-refractivity contribution in [2.45, 2.75) is 39.3 Å². The van der Waals surface area contributed by atoms with E-state index in [0.29, 0.717) is 25.1 Å². The highest BCUT2D eigenvalue weighted by molar-refractivity contribution is 5.79. The molecule has 30 heavy (non-hydrogen) atoms. The average molecular weight is 413 g/mol. The van der Waals surface area contributed by atoms with Gasteiger partial charge < -0.3 is 4.90 Å². The fourth-order valence-electron chi connectivity index (χ4n) is 3.64. The monoisotopic (exact) mass is 413 g/mol. The first-order valence-corrected chi connectivity index (χ1v) is 10.1. The van der Waals surface area contributed by atoms with Gasteiger partial charge in [-0.1, -0.05) is 13.0 Å². The van der Waals surface area contributed by atoms with Gasteiger partial charge in [-0.25, -0.2) is 9.40 Å². The van der Waals surface area contributed by atoms with Gasteiger partial charge in [0.25, 0.3) is 0 Å². The molecule has 0 spiro atoms. The Morgan fingerprint density at radius 3 is 2.83 bits per heavy atom. The number of hydrogen-bond donors (Lipinski definition) is 1. The van der Waals surface area contributed by atoms with E-state index >= 15 is 0 Å². The van der Waals surface area contributed by atoms with Gasteiger partial charge in [0.15, 0.2) is 0 Å². The Hall–Kier alpha value is -3.00. The van der Waals surface area contributed by atoms with E-state index in [1.807, 2.05) is 31.9 Å². The van der Waals surface area contributed by atoms with Crippen molar-refractivity contribution in [3.8, 4) is 0 Å². The number of nitrogens with zero attached hydrogens (tertiary/aromatic N) is 4. The van der Waals surface area contributed by atoms with Crippen molar-refractivity contribution < 1.29 is 14.0 Å². The van der Waals surface area contributed by atoms with Crippen LogP contribution in [0.1, 0.15) is 31.0 Å². The molecule has 2 amide bonds. The van der Waals surface area contributed by atoms with Gasteiger partial charge >= 0.3 is 0 Å². The Labute approximate surface area is 176 Å². The van der Waals surface area contributed by atoms with E-state index in [-0.39, 0.29) is 17.6 Å². The number of halogens is 1. The van der Waals surface area contributed by atoms with Crippen LogP contribution in [0.25, 0.3) is 0 Å². The second kappa shape index (κ2) is 9.67. The first-order chi connectivity index (χ1) is 14.4. The van der Waals surface area contributed by atoms with Crippen LogP contribution < -0.4 is 10.4 Å². The van der Waals surface area contributed by atoms with Gasteiger partial charge in [0, 0.05) is 44.8 Å². The van der Waals surface area contributed by atoms with Gasteiger partial charge in [-0.15, -0.1) is 0 Å². The zero-order valence-corrected chi connectivity index (χ0v) is 17.6. The zero-order chi connectivity index (χ0) is 21.7. The van der Waals surface area contributed by atoms with Crippen LogP contribution >= 0.6 is 0 Å². The highest BCUT2D eigenvalue weighted by Gasteiger charge is 2.27. The van der Waals surface area contributed by atoms with E-state index in [1.165, 1.54) is 6.07 Å². The molecule has 1 aliphatic rings. The molecule has 0 saturated carbocycles. The second-order valence-electron chi connectivity index (χ2n) is 7.60. The highest BCUT2D eigenvalue weighted by atomic mass is 19.1. The standard InChI is InChI=1S/C22H28FN5O2/c1-4-22(30)26(3)19-9-10-27(14-19)13-17-6-8-20(23)21(11-17)28(15-29)25-18-7-5-16(2)24-12-18/h5-8,11-12,15,19,25H,4,9-10,13-14H2,1-3H3. The van der Waals surface area contributed by atoms with Crippen molar-refractivity contribution in [1.29, 1.82) is 0 Å². The maximum absolute atomic E-state index is 14.5. The Morgan fingerprint density at radius 2 is 2.17 bits per heavy atom. The molecule has 1 unspecified atom stereocenters. The molecular formula is C22H28FN5O2. The Balaban J connectivity index is 1.69. The SMILES string of the molecule is CCC(=O)N(C)C1CCN(Cc2ccc(F)c(N(C=O)Nc3ccc(C)nc3)c2)C1. The number of likely N-dealkylation sites (tertiary alicyclic amines) is 1. The molecule has 2 aromatic rings.